The van der Waals surface area contributed by atoms with Crippen LogP contribution in [-0.4, -0.2) is 24.9 Å². The van der Waals surface area contributed by atoms with Crippen molar-refractivity contribution in [3.8, 4) is 11.5 Å². The van der Waals surface area contributed by atoms with E-state index in [4.69, 9.17) is 37.8 Å². The van der Waals surface area contributed by atoms with Gasteiger partial charge >= 0.3 is 0 Å². The third kappa shape index (κ3) is 6.40. The van der Waals surface area contributed by atoms with Crippen LogP contribution in [-0.2, 0) is 13.2 Å². The first-order chi connectivity index (χ1) is 12.1. The average Bonchev–Trinajstić information content (AvgIpc) is 2.60. The van der Waals surface area contributed by atoms with E-state index in [0.29, 0.717) is 47.7 Å². The summed E-state index contributed by atoms with van der Waals surface area (Å²) in [5.74, 6) is 1.26. The van der Waals surface area contributed by atoms with E-state index in [9.17, 15) is 0 Å². The molecule has 6 heteroatoms. The van der Waals surface area contributed by atoms with Gasteiger partial charge in [-0.1, -0.05) is 35.3 Å². The molecule has 0 aliphatic rings. The number of benzene rings is 2. The molecular formula is C19H23Cl2NO3. The van der Waals surface area contributed by atoms with Crippen LogP contribution in [0.25, 0.3) is 0 Å². The number of hydrogen-bond donors (Lipinski definition) is 2. The minimum Gasteiger partial charge on any atom is -0.490 e. The minimum atomic E-state index is 0.168. The van der Waals surface area contributed by atoms with Gasteiger partial charge in [0, 0.05) is 29.3 Å². The predicted molar refractivity (Wildman–Crippen MR) is 102 cm³/mol. The van der Waals surface area contributed by atoms with E-state index in [2.05, 4.69) is 5.32 Å². The molecule has 0 aliphatic heterocycles. The molecule has 25 heavy (non-hydrogen) atoms. The SMILES string of the molecule is CCOc1cc(CNCCCO)c(Cl)cc1OCc1cccc(Cl)c1. The molecule has 0 amide bonds. The molecular weight excluding hydrogens is 361 g/mol. The third-order valence-electron chi connectivity index (χ3n) is 3.52. The molecule has 0 radical (unpaired) electrons. The van der Waals surface area contributed by atoms with Gasteiger partial charge in [0.25, 0.3) is 0 Å². The van der Waals surface area contributed by atoms with Gasteiger partial charge in [-0.3, -0.25) is 0 Å². The summed E-state index contributed by atoms with van der Waals surface area (Å²) in [6, 6.07) is 11.2. The van der Waals surface area contributed by atoms with Crippen molar-refractivity contribution in [2.45, 2.75) is 26.5 Å². The van der Waals surface area contributed by atoms with Gasteiger partial charge < -0.3 is 19.9 Å². The average molecular weight is 384 g/mol. The summed E-state index contributed by atoms with van der Waals surface area (Å²) in [5.41, 5.74) is 1.90. The maximum Gasteiger partial charge on any atom is 0.163 e. The number of halogens is 2. The molecule has 2 aromatic rings. The molecule has 0 saturated heterocycles. The zero-order valence-electron chi connectivity index (χ0n) is 14.2. The molecule has 0 saturated carbocycles. The van der Waals surface area contributed by atoms with Crippen molar-refractivity contribution in [1.82, 2.24) is 5.32 Å². The lowest BCUT2D eigenvalue weighted by Gasteiger charge is -2.15. The van der Waals surface area contributed by atoms with Crippen LogP contribution < -0.4 is 14.8 Å². The van der Waals surface area contributed by atoms with Crippen LogP contribution in [0, 0.1) is 0 Å². The molecule has 0 aromatic heterocycles. The van der Waals surface area contributed by atoms with E-state index < -0.39 is 0 Å². The summed E-state index contributed by atoms with van der Waals surface area (Å²) in [5, 5.41) is 13.4. The number of nitrogens with one attached hydrogen (secondary N) is 1. The molecule has 0 spiro atoms. The summed E-state index contributed by atoms with van der Waals surface area (Å²) >= 11 is 12.4. The lowest BCUT2D eigenvalue weighted by molar-refractivity contribution is 0.269. The normalized spacial score (nSPS) is 10.7. The van der Waals surface area contributed by atoms with Crippen LogP contribution in [0.5, 0.6) is 11.5 Å². The molecule has 2 aromatic carbocycles. The van der Waals surface area contributed by atoms with Crippen LogP contribution >= 0.6 is 23.2 Å². The molecule has 0 fully saturated rings. The first kappa shape index (κ1) is 19.9. The van der Waals surface area contributed by atoms with Crippen molar-refractivity contribution in [2.75, 3.05) is 19.8 Å². The highest BCUT2D eigenvalue weighted by Gasteiger charge is 2.11. The quantitative estimate of drug-likeness (QED) is 0.595. The van der Waals surface area contributed by atoms with Gasteiger partial charge in [0.2, 0.25) is 0 Å². The van der Waals surface area contributed by atoms with E-state index in [-0.39, 0.29) is 6.61 Å². The predicted octanol–water partition coefficient (Wildman–Crippen LogP) is 4.44. The number of rotatable bonds is 10. The summed E-state index contributed by atoms with van der Waals surface area (Å²) in [6.45, 7) is 4.34. The minimum absolute atomic E-state index is 0.168. The Balaban J connectivity index is 2.09. The number of hydrogen-bond acceptors (Lipinski definition) is 4. The second-order valence-corrected chi connectivity index (χ2v) is 6.34. The van der Waals surface area contributed by atoms with E-state index in [1.54, 1.807) is 6.07 Å². The third-order valence-corrected chi connectivity index (χ3v) is 4.11. The van der Waals surface area contributed by atoms with Gasteiger partial charge in [0.1, 0.15) is 6.61 Å². The molecule has 4 nitrogen and oxygen atoms in total. The highest BCUT2D eigenvalue weighted by atomic mass is 35.5. The summed E-state index contributed by atoms with van der Waals surface area (Å²) < 4.78 is 11.6. The number of ether oxygens (including phenoxy) is 2. The van der Waals surface area contributed by atoms with E-state index in [1.807, 2.05) is 37.3 Å². The number of aliphatic hydroxyl groups is 1. The van der Waals surface area contributed by atoms with E-state index in [1.165, 1.54) is 0 Å². The summed E-state index contributed by atoms with van der Waals surface area (Å²) in [7, 11) is 0. The van der Waals surface area contributed by atoms with E-state index in [0.717, 1.165) is 17.7 Å². The van der Waals surface area contributed by atoms with Gasteiger partial charge in [-0.15, -0.1) is 0 Å². The highest BCUT2D eigenvalue weighted by molar-refractivity contribution is 6.31. The van der Waals surface area contributed by atoms with Crippen molar-refractivity contribution in [3.05, 3.63) is 57.6 Å². The van der Waals surface area contributed by atoms with Gasteiger partial charge in [-0.05, 0) is 49.2 Å². The number of aliphatic hydroxyl groups excluding tert-OH is 1. The van der Waals surface area contributed by atoms with Gasteiger partial charge in [0.05, 0.1) is 6.61 Å². The lowest BCUT2D eigenvalue weighted by atomic mass is 10.2. The maximum absolute atomic E-state index is 8.83. The fourth-order valence-electron chi connectivity index (χ4n) is 2.31. The topological polar surface area (TPSA) is 50.7 Å². The molecule has 0 aliphatic carbocycles. The first-order valence-electron chi connectivity index (χ1n) is 8.28. The maximum atomic E-state index is 8.83. The Morgan fingerprint density at radius 3 is 2.60 bits per heavy atom. The molecule has 136 valence electrons. The van der Waals surface area contributed by atoms with Crippen LogP contribution in [0.1, 0.15) is 24.5 Å². The Kier molecular flexibility index (Phi) is 8.35. The molecule has 0 bridgehead atoms. The fraction of sp³-hybridized carbons (Fsp3) is 0.368. The monoisotopic (exact) mass is 383 g/mol. The zero-order chi connectivity index (χ0) is 18.1. The Morgan fingerprint density at radius 2 is 1.88 bits per heavy atom. The van der Waals surface area contributed by atoms with Gasteiger partial charge in [-0.2, -0.15) is 0 Å². The van der Waals surface area contributed by atoms with Crippen molar-refractivity contribution in [3.63, 3.8) is 0 Å². The second kappa shape index (κ2) is 10.5. The van der Waals surface area contributed by atoms with E-state index >= 15 is 0 Å². The summed E-state index contributed by atoms with van der Waals surface area (Å²) in [4.78, 5) is 0. The molecule has 0 heterocycles. The van der Waals surface area contributed by atoms with Crippen molar-refractivity contribution >= 4 is 23.2 Å². The highest BCUT2D eigenvalue weighted by Crippen LogP contribution is 2.34. The van der Waals surface area contributed by atoms with Gasteiger partial charge in [0.15, 0.2) is 11.5 Å². The van der Waals surface area contributed by atoms with Crippen molar-refractivity contribution in [2.24, 2.45) is 0 Å². The lowest BCUT2D eigenvalue weighted by Crippen LogP contribution is -2.16. The molecule has 2 rings (SSSR count). The standard InChI is InChI=1S/C19H23Cl2NO3/c1-2-24-18-10-15(12-22-7-4-8-23)17(21)11-19(18)25-13-14-5-3-6-16(20)9-14/h3,5-6,9-11,22-23H,2,4,7-8,12-13H2,1H3. The van der Waals surface area contributed by atoms with Crippen LogP contribution in [0.4, 0.5) is 0 Å². The largest absolute Gasteiger partial charge is 0.490 e. The fourth-order valence-corrected chi connectivity index (χ4v) is 2.74. The second-order valence-electron chi connectivity index (χ2n) is 5.50. The van der Waals surface area contributed by atoms with Gasteiger partial charge in [-0.25, -0.2) is 0 Å². The smallest absolute Gasteiger partial charge is 0.163 e. The molecule has 0 atom stereocenters. The Labute approximate surface area is 158 Å². The van der Waals surface area contributed by atoms with Crippen molar-refractivity contribution < 1.29 is 14.6 Å². The zero-order valence-corrected chi connectivity index (χ0v) is 15.7. The Hall–Kier alpha value is -1.46. The van der Waals surface area contributed by atoms with Crippen LogP contribution in [0.3, 0.4) is 0 Å². The molecule has 0 unspecified atom stereocenters. The molecule has 2 N–H and O–H groups in total. The van der Waals surface area contributed by atoms with Crippen molar-refractivity contribution in [1.29, 1.82) is 0 Å². The van der Waals surface area contributed by atoms with Crippen LogP contribution in [0.15, 0.2) is 36.4 Å². The summed E-state index contributed by atoms with van der Waals surface area (Å²) in [6.07, 6.45) is 0.705. The Morgan fingerprint density at radius 1 is 1.08 bits per heavy atom. The Bertz CT molecular complexity index is 680. The van der Waals surface area contributed by atoms with Crippen LogP contribution in [0.2, 0.25) is 10.0 Å². The first-order valence-corrected chi connectivity index (χ1v) is 9.03.